The molecule has 0 heterocycles. The minimum absolute atomic E-state index is 0.152. The highest BCUT2D eigenvalue weighted by molar-refractivity contribution is 5.16. The molecule has 1 aliphatic carbocycles. The summed E-state index contributed by atoms with van der Waals surface area (Å²) in [4.78, 5) is 0. The Morgan fingerprint density at radius 2 is 1.72 bits per heavy atom. The van der Waals surface area contributed by atoms with Crippen molar-refractivity contribution >= 4 is 0 Å². The van der Waals surface area contributed by atoms with Gasteiger partial charge in [-0.25, -0.2) is 4.39 Å². The first kappa shape index (κ1) is 13.5. The molecule has 0 spiro atoms. The van der Waals surface area contributed by atoms with Crippen molar-refractivity contribution in [1.29, 1.82) is 0 Å². The van der Waals surface area contributed by atoms with Crippen LogP contribution >= 0.6 is 0 Å². The van der Waals surface area contributed by atoms with Crippen LogP contribution in [0.3, 0.4) is 0 Å². The lowest BCUT2D eigenvalue weighted by Gasteiger charge is -2.35. The van der Waals surface area contributed by atoms with Gasteiger partial charge in [0.15, 0.2) is 0 Å². The molecule has 0 amide bonds. The molecule has 2 heteroatoms. The Morgan fingerprint density at radius 3 is 2.33 bits per heavy atom. The first-order valence-electron chi connectivity index (χ1n) is 7.14. The smallest absolute Gasteiger partial charge is 0.123 e. The van der Waals surface area contributed by atoms with Crippen LogP contribution in [0.25, 0.3) is 0 Å². The highest BCUT2D eigenvalue weighted by Crippen LogP contribution is 2.28. The van der Waals surface area contributed by atoms with Gasteiger partial charge in [0.2, 0.25) is 0 Å². The standard InChI is InChI=1S/C16H24FN/c1-12-4-3-5-13(2)16(12)18-11-10-14-6-8-15(17)9-7-14/h6-9,12-13,16,18H,3-5,10-11H2,1-2H3. The second kappa shape index (κ2) is 6.33. The molecule has 0 radical (unpaired) electrons. The number of hydrogen-bond donors (Lipinski definition) is 1. The lowest BCUT2D eigenvalue weighted by Crippen LogP contribution is -2.43. The largest absolute Gasteiger partial charge is 0.313 e. The van der Waals surface area contributed by atoms with Gasteiger partial charge in [-0.1, -0.05) is 32.4 Å². The molecule has 0 aromatic heterocycles. The molecule has 1 saturated carbocycles. The molecule has 1 fully saturated rings. The van der Waals surface area contributed by atoms with E-state index in [-0.39, 0.29) is 5.82 Å². The van der Waals surface area contributed by atoms with Crippen LogP contribution in [0.2, 0.25) is 0 Å². The second-order valence-electron chi connectivity index (χ2n) is 5.74. The first-order valence-corrected chi connectivity index (χ1v) is 7.14. The van der Waals surface area contributed by atoms with Crippen LogP contribution in [0, 0.1) is 17.7 Å². The quantitative estimate of drug-likeness (QED) is 0.856. The van der Waals surface area contributed by atoms with E-state index in [2.05, 4.69) is 19.2 Å². The van der Waals surface area contributed by atoms with E-state index in [1.54, 1.807) is 12.1 Å². The minimum Gasteiger partial charge on any atom is -0.313 e. The summed E-state index contributed by atoms with van der Waals surface area (Å²) in [5, 5.41) is 3.69. The maximum Gasteiger partial charge on any atom is 0.123 e. The summed E-state index contributed by atoms with van der Waals surface area (Å²) in [6, 6.07) is 7.50. The maximum atomic E-state index is 12.8. The second-order valence-corrected chi connectivity index (χ2v) is 5.74. The molecule has 100 valence electrons. The fraction of sp³-hybridized carbons (Fsp3) is 0.625. The molecule has 1 aromatic rings. The number of hydrogen-bond acceptors (Lipinski definition) is 1. The van der Waals surface area contributed by atoms with E-state index >= 15 is 0 Å². The summed E-state index contributed by atoms with van der Waals surface area (Å²) >= 11 is 0. The van der Waals surface area contributed by atoms with Crippen molar-refractivity contribution in [3.05, 3.63) is 35.6 Å². The van der Waals surface area contributed by atoms with Crippen molar-refractivity contribution in [3.8, 4) is 0 Å². The Morgan fingerprint density at radius 1 is 1.11 bits per heavy atom. The van der Waals surface area contributed by atoms with E-state index in [0.29, 0.717) is 6.04 Å². The van der Waals surface area contributed by atoms with Gasteiger partial charge in [-0.3, -0.25) is 0 Å². The van der Waals surface area contributed by atoms with Crippen LogP contribution in [0.5, 0.6) is 0 Å². The number of rotatable bonds is 4. The van der Waals surface area contributed by atoms with Crippen molar-refractivity contribution in [1.82, 2.24) is 5.32 Å². The maximum absolute atomic E-state index is 12.8. The highest BCUT2D eigenvalue weighted by atomic mass is 19.1. The highest BCUT2D eigenvalue weighted by Gasteiger charge is 2.26. The van der Waals surface area contributed by atoms with Crippen molar-refractivity contribution in [2.45, 2.75) is 45.6 Å². The first-order chi connectivity index (χ1) is 8.66. The van der Waals surface area contributed by atoms with E-state index in [1.807, 2.05) is 12.1 Å². The Hall–Kier alpha value is -0.890. The topological polar surface area (TPSA) is 12.0 Å². The van der Waals surface area contributed by atoms with Gasteiger partial charge in [0.1, 0.15) is 5.82 Å². The van der Waals surface area contributed by atoms with Gasteiger partial charge < -0.3 is 5.32 Å². The van der Waals surface area contributed by atoms with Crippen LogP contribution in [-0.4, -0.2) is 12.6 Å². The third kappa shape index (κ3) is 3.55. The summed E-state index contributed by atoms with van der Waals surface area (Å²) in [5.74, 6) is 1.41. The summed E-state index contributed by atoms with van der Waals surface area (Å²) in [6.45, 7) is 5.70. The molecule has 18 heavy (non-hydrogen) atoms. The van der Waals surface area contributed by atoms with Gasteiger partial charge in [0.25, 0.3) is 0 Å². The summed E-state index contributed by atoms with van der Waals surface area (Å²) in [5.41, 5.74) is 1.21. The normalized spacial score (nSPS) is 28.3. The third-order valence-electron chi connectivity index (χ3n) is 4.25. The van der Waals surface area contributed by atoms with Gasteiger partial charge in [-0.15, -0.1) is 0 Å². The van der Waals surface area contributed by atoms with Crippen molar-refractivity contribution in [2.75, 3.05) is 6.54 Å². The Balaban J connectivity index is 1.79. The average molecular weight is 249 g/mol. The molecular weight excluding hydrogens is 225 g/mol. The van der Waals surface area contributed by atoms with Gasteiger partial charge >= 0.3 is 0 Å². The summed E-state index contributed by atoms with van der Waals surface area (Å²) < 4.78 is 12.8. The van der Waals surface area contributed by atoms with E-state index < -0.39 is 0 Å². The van der Waals surface area contributed by atoms with Crippen molar-refractivity contribution in [2.24, 2.45) is 11.8 Å². The zero-order valence-corrected chi connectivity index (χ0v) is 11.5. The Bertz CT molecular complexity index is 350. The van der Waals surface area contributed by atoms with Crippen LogP contribution in [0.15, 0.2) is 24.3 Å². The molecule has 2 unspecified atom stereocenters. The average Bonchev–Trinajstić information content (AvgIpc) is 2.35. The van der Waals surface area contributed by atoms with Gasteiger partial charge in [0, 0.05) is 6.04 Å². The van der Waals surface area contributed by atoms with Crippen molar-refractivity contribution < 1.29 is 4.39 Å². The predicted molar refractivity (Wildman–Crippen MR) is 74.1 cm³/mol. The molecular formula is C16H24FN. The van der Waals surface area contributed by atoms with E-state index in [0.717, 1.165) is 24.8 Å². The number of nitrogens with one attached hydrogen (secondary N) is 1. The summed E-state index contributed by atoms with van der Waals surface area (Å²) in [6.07, 6.45) is 5.05. The molecule has 0 bridgehead atoms. The Labute approximate surface area is 110 Å². The molecule has 1 aromatic carbocycles. The monoisotopic (exact) mass is 249 g/mol. The van der Waals surface area contributed by atoms with E-state index in [9.17, 15) is 4.39 Å². The van der Waals surface area contributed by atoms with Crippen molar-refractivity contribution in [3.63, 3.8) is 0 Å². The van der Waals surface area contributed by atoms with E-state index in [1.165, 1.54) is 24.8 Å². The SMILES string of the molecule is CC1CCCC(C)C1NCCc1ccc(F)cc1. The molecule has 1 nitrogen and oxygen atoms in total. The zero-order valence-electron chi connectivity index (χ0n) is 11.5. The van der Waals surface area contributed by atoms with Crippen LogP contribution in [0.1, 0.15) is 38.7 Å². The lowest BCUT2D eigenvalue weighted by atomic mass is 9.78. The minimum atomic E-state index is -0.152. The molecule has 1 aliphatic rings. The fourth-order valence-electron chi connectivity index (χ4n) is 3.12. The van der Waals surface area contributed by atoms with E-state index in [4.69, 9.17) is 0 Å². The van der Waals surface area contributed by atoms with Gasteiger partial charge in [0.05, 0.1) is 0 Å². The van der Waals surface area contributed by atoms with Crippen LogP contribution in [-0.2, 0) is 6.42 Å². The Kier molecular flexibility index (Phi) is 4.76. The third-order valence-corrected chi connectivity index (χ3v) is 4.25. The van der Waals surface area contributed by atoms with Gasteiger partial charge in [-0.2, -0.15) is 0 Å². The fourth-order valence-corrected chi connectivity index (χ4v) is 3.12. The summed E-state index contributed by atoms with van der Waals surface area (Å²) in [7, 11) is 0. The number of halogens is 1. The molecule has 1 N–H and O–H groups in total. The molecule has 2 rings (SSSR count). The lowest BCUT2D eigenvalue weighted by molar-refractivity contribution is 0.210. The number of benzene rings is 1. The predicted octanol–water partition coefficient (Wildman–Crippen LogP) is 3.78. The van der Waals surface area contributed by atoms with Crippen LogP contribution < -0.4 is 5.32 Å². The zero-order chi connectivity index (χ0) is 13.0. The van der Waals surface area contributed by atoms with Gasteiger partial charge in [-0.05, 0) is 55.3 Å². The molecule has 0 aliphatic heterocycles. The molecule has 2 atom stereocenters. The van der Waals surface area contributed by atoms with Crippen LogP contribution in [0.4, 0.5) is 4.39 Å². The molecule has 0 saturated heterocycles.